The highest BCUT2D eigenvalue weighted by Crippen LogP contribution is 2.32. The predicted octanol–water partition coefficient (Wildman–Crippen LogP) is 4.85. The van der Waals surface area contributed by atoms with Crippen LogP contribution in [0.15, 0.2) is 35.7 Å². The highest BCUT2D eigenvalue weighted by atomic mass is 32.1. The van der Waals surface area contributed by atoms with E-state index in [0.29, 0.717) is 16.4 Å². The molecule has 0 unspecified atom stereocenters. The van der Waals surface area contributed by atoms with Crippen molar-refractivity contribution in [1.82, 2.24) is 19.9 Å². The van der Waals surface area contributed by atoms with Gasteiger partial charge in [-0.2, -0.15) is 0 Å². The van der Waals surface area contributed by atoms with E-state index in [0.717, 1.165) is 38.3 Å². The summed E-state index contributed by atoms with van der Waals surface area (Å²) in [6.45, 7) is 7.90. The number of nitrogens with one attached hydrogen (secondary N) is 1. The second kappa shape index (κ2) is 6.59. The number of thiazole rings is 1. The van der Waals surface area contributed by atoms with Gasteiger partial charge >= 0.3 is 0 Å². The van der Waals surface area contributed by atoms with Gasteiger partial charge in [-0.3, -0.25) is 9.97 Å². The lowest BCUT2D eigenvalue weighted by molar-refractivity contribution is 0.457. The summed E-state index contributed by atoms with van der Waals surface area (Å²) in [6, 6.07) is 3.92. The molecule has 6 nitrogen and oxygen atoms in total. The van der Waals surface area contributed by atoms with Crippen molar-refractivity contribution in [1.29, 1.82) is 0 Å². The molecule has 2 N–H and O–H groups in total. The summed E-state index contributed by atoms with van der Waals surface area (Å²) in [6.07, 6.45) is 5.29. The third-order valence-corrected chi connectivity index (χ3v) is 5.59. The van der Waals surface area contributed by atoms with E-state index in [-0.39, 0.29) is 5.88 Å². The Morgan fingerprint density at radius 1 is 1.22 bits per heavy atom. The van der Waals surface area contributed by atoms with Gasteiger partial charge in [0.05, 0.1) is 34.4 Å². The molecule has 4 aromatic rings. The summed E-state index contributed by atoms with van der Waals surface area (Å²) in [4.78, 5) is 21.9. The summed E-state index contributed by atoms with van der Waals surface area (Å²) in [5.41, 5.74) is 5.97. The van der Waals surface area contributed by atoms with E-state index < -0.39 is 0 Å². The maximum absolute atomic E-state index is 10.5. The van der Waals surface area contributed by atoms with Crippen LogP contribution in [-0.2, 0) is 0 Å². The third-order valence-electron chi connectivity index (χ3n) is 4.62. The van der Waals surface area contributed by atoms with E-state index in [2.05, 4.69) is 24.9 Å². The number of fused-ring (bicyclic) bond motifs is 1. The number of aromatic nitrogens is 4. The molecular formula is C20H19N5OS. The molecule has 7 heteroatoms. The molecule has 0 bridgehead atoms. The number of aromatic hydroxyl groups is 1. The maximum Gasteiger partial charge on any atom is 0.209 e. The largest absolute Gasteiger partial charge is 0.494 e. The first-order valence-electron chi connectivity index (χ1n) is 8.55. The van der Waals surface area contributed by atoms with Gasteiger partial charge in [0.2, 0.25) is 5.13 Å². The SMILES string of the molecule is C/C(=N\c1nc(C)c(C)s1)c1c(O)[nH]c2cnc(-c3cnccc3C)cc12. The Kier molecular flexibility index (Phi) is 4.24. The van der Waals surface area contributed by atoms with Crippen LogP contribution in [-0.4, -0.2) is 30.8 Å². The van der Waals surface area contributed by atoms with E-state index in [4.69, 9.17) is 0 Å². The van der Waals surface area contributed by atoms with Gasteiger partial charge in [0, 0.05) is 28.2 Å². The molecule has 136 valence electrons. The van der Waals surface area contributed by atoms with Gasteiger partial charge in [-0.05, 0) is 45.4 Å². The first-order valence-corrected chi connectivity index (χ1v) is 9.37. The molecule has 0 aliphatic heterocycles. The number of rotatable bonds is 3. The lowest BCUT2D eigenvalue weighted by Gasteiger charge is -2.05. The van der Waals surface area contributed by atoms with Crippen molar-refractivity contribution in [3.05, 3.63) is 52.4 Å². The summed E-state index contributed by atoms with van der Waals surface area (Å²) in [5.74, 6) is 0.0816. The first-order chi connectivity index (χ1) is 12.9. The Hall–Kier alpha value is -3.06. The fraction of sp³-hybridized carbons (Fsp3) is 0.200. The van der Waals surface area contributed by atoms with Gasteiger partial charge in [-0.1, -0.05) is 11.3 Å². The van der Waals surface area contributed by atoms with E-state index in [1.54, 1.807) is 29.9 Å². The number of hydrogen-bond acceptors (Lipinski definition) is 6. The van der Waals surface area contributed by atoms with E-state index in [1.165, 1.54) is 0 Å². The Morgan fingerprint density at radius 3 is 2.74 bits per heavy atom. The summed E-state index contributed by atoms with van der Waals surface area (Å²) in [7, 11) is 0. The zero-order valence-electron chi connectivity index (χ0n) is 15.5. The normalized spacial score (nSPS) is 12.1. The van der Waals surface area contributed by atoms with Gasteiger partial charge in [-0.25, -0.2) is 9.98 Å². The Bertz CT molecular complexity index is 1170. The molecule has 27 heavy (non-hydrogen) atoms. The number of pyridine rings is 2. The van der Waals surface area contributed by atoms with Crippen LogP contribution in [0.2, 0.25) is 0 Å². The van der Waals surface area contributed by atoms with Crippen molar-refractivity contribution in [2.24, 2.45) is 4.99 Å². The minimum Gasteiger partial charge on any atom is -0.494 e. The fourth-order valence-electron chi connectivity index (χ4n) is 3.03. The maximum atomic E-state index is 10.5. The zero-order valence-corrected chi connectivity index (χ0v) is 16.3. The molecule has 0 fully saturated rings. The Balaban J connectivity index is 1.86. The molecular weight excluding hydrogens is 358 g/mol. The minimum atomic E-state index is 0.0816. The van der Waals surface area contributed by atoms with Crippen LogP contribution in [0.1, 0.15) is 28.6 Å². The lowest BCUT2D eigenvalue weighted by Crippen LogP contribution is -1.94. The standard InChI is InChI=1S/C20H19N5OS/c1-10-5-6-21-8-15(10)16-7-14-17(9-22-16)25-19(26)18(14)12(3)24-20-23-11(2)13(4)27-20/h5-9,25-26H,1-4H3/b24-12+. The molecule has 0 spiro atoms. The molecule has 0 amide bonds. The van der Waals surface area contributed by atoms with Crippen LogP contribution in [0.25, 0.3) is 22.2 Å². The van der Waals surface area contributed by atoms with E-state index >= 15 is 0 Å². The summed E-state index contributed by atoms with van der Waals surface area (Å²) >= 11 is 1.54. The number of aromatic amines is 1. The number of aliphatic imine (C=N–C) groups is 1. The van der Waals surface area contributed by atoms with E-state index in [1.807, 2.05) is 39.8 Å². The molecule has 0 aliphatic rings. The van der Waals surface area contributed by atoms with Crippen molar-refractivity contribution < 1.29 is 5.11 Å². The number of nitrogens with zero attached hydrogens (tertiary/aromatic N) is 4. The molecule has 0 aliphatic carbocycles. The molecule has 0 atom stereocenters. The highest BCUT2D eigenvalue weighted by Gasteiger charge is 2.16. The van der Waals surface area contributed by atoms with E-state index in [9.17, 15) is 5.11 Å². The number of hydrogen-bond donors (Lipinski definition) is 2. The minimum absolute atomic E-state index is 0.0816. The van der Waals surface area contributed by atoms with Crippen molar-refractivity contribution >= 4 is 33.1 Å². The van der Waals surface area contributed by atoms with Crippen LogP contribution < -0.4 is 0 Å². The molecule has 0 saturated heterocycles. The summed E-state index contributed by atoms with van der Waals surface area (Å²) in [5, 5.41) is 12.0. The molecule has 0 radical (unpaired) electrons. The molecule has 0 aromatic carbocycles. The van der Waals surface area contributed by atoms with Crippen LogP contribution >= 0.6 is 11.3 Å². The Labute approximate surface area is 160 Å². The van der Waals surface area contributed by atoms with Gasteiger partial charge in [0.1, 0.15) is 0 Å². The smallest absolute Gasteiger partial charge is 0.209 e. The first kappa shape index (κ1) is 17.4. The van der Waals surface area contributed by atoms with Gasteiger partial charge < -0.3 is 10.1 Å². The molecule has 4 rings (SSSR count). The second-order valence-electron chi connectivity index (χ2n) is 6.49. The topological polar surface area (TPSA) is 87.0 Å². The van der Waals surface area contributed by atoms with Crippen molar-refractivity contribution in [2.45, 2.75) is 27.7 Å². The van der Waals surface area contributed by atoms with Gasteiger partial charge in [-0.15, -0.1) is 0 Å². The fourth-order valence-corrected chi connectivity index (χ4v) is 3.86. The zero-order chi connectivity index (χ0) is 19.1. The predicted molar refractivity (Wildman–Crippen MR) is 109 cm³/mol. The van der Waals surface area contributed by atoms with Crippen molar-refractivity contribution in [3.8, 4) is 17.1 Å². The highest BCUT2D eigenvalue weighted by molar-refractivity contribution is 7.15. The van der Waals surface area contributed by atoms with Crippen molar-refractivity contribution in [2.75, 3.05) is 0 Å². The second-order valence-corrected chi connectivity index (χ2v) is 7.67. The van der Waals surface area contributed by atoms with Crippen molar-refractivity contribution in [3.63, 3.8) is 0 Å². The lowest BCUT2D eigenvalue weighted by atomic mass is 10.0. The average molecular weight is 377 g/mol. The van der Waals surface area contributed by atoms with Gasteiger partial charge in [0.15, 0.2) is 5.88 Å². The van der Waals surface area contributed by atoms with Gasteiger partial charge in [0.25, 0.3) is 0 Å². The molecule has 4 heterocycles. The Morgan fingerprint density at radius 2 is 2.04 bits per heavy atom. The molecule has 4 aromatic heterocycles. The van der Waals surface area contributed by atoms with Crippen LogP contribution in [0, 0.1) is 20.8 Å². The monoisotopic (exact) mass is 377 g/mol. The van der Waals surface area contributed by atoms with Crippen LogP contribution in [0.5, 0.6) is 5.88 Å². The third kappa shape index (κ3) is 3.10. The summed E-state index contributed by atoms with van der Waals surface area (Å²) < 4.78 is 0. The quantitative estimate of drug-likeness (QED) is 0.500. The average Bonchev–Trinajstić information content (AvgIpc) is 3.12. The number of aryl methyl sites for hydroxylation is 3. The van der Waals surface area contributed by atoms with Crippen LogP contribution in [0.3, 0.4) is 0 Å². The van der Waals surface area contributed by atoms with Crippen LogP contribution in [0.4, 0.5) is 5.13 Å². The number of H-pyrrole nitrogens is 1. The molecule has 0 saturated carbocycles.